The van der Waals surface area contributed by atoms with E-state index in [2.05, 4.69) is 25.3 Å². The molecule has 1 heterocycles. The Labute approximate surface area is 83.6 Å². The maximum absolute atomic E-state index is 5.83. The van der Waals surface area contributed by atoms with Crippen LogP contribution in [-0.4, -0.2) is 5.88 Å². The molecule has 0 spiro atoms. The normalized spacial score (nSPS) is 13.2. The maximum atomic E-state index is 5.83. The molecule has 1 unspecified atom stereocenters. The Kier molecular flexibility index (Phi) is 4.10. The van der Waals surface area contributed by atoms with Gasteiger partial charge in [-0.1, -0.05) is 13.3 Å². The first kappa shape index (κ1) is 10.1. The summed E-state index contributed by atoms with van der Waals surface area (Å²) in [6, 6.07) is 2.26. The van der Waals surface area contributed by atoms with Gasteiger partial charge in [-0.25, -0.2) is 0 Å². The van der Waals surface area contributed by atoms with Crippen LogP contribution in [0.5, 0.6) is 0 Å². The van der Waals surface area contributed by atoms with Crippen LogP contribution in [0.3, 0.4) is 0 Å². The fourth-order valence-electron chi connectivity index (χ4n) is 1.25. The van der Waals surface area contributed by atoms with Crippen molar-refractivity contribution in [3.8, 4) is 0 Å². The number of halogens is 1. The van der Waals surface area contributed by atoms with Gasteiger partial charge in [0.05, 0.1) is 0 Å². The molecule has 1 atom stereocenters. The van der Waals surface area contributed by atoms with Crippen LogP contribution in [0.15, 0.2) is 11.4 Å². The first-order valence-electron chi connectivity index (χ1n) is 4.36. The molecule has 0 N–H and O–H groups in total. The summed E-state index contributed by atoms with van der Waals surface area (Å²) in [7, 11) is 0. The first-order valence-corrected chi connectivity index (χ1v) is 5.77. The van der Waals surface area contributed by atoms with Gasteiger partial charge in [0.15, 0.2) is 0 Å². The average Bonchev–Trinajstić information content (AvgIpc) is 2.47. The molecule has 0 radical (unpaired) electrons. The summed E-state index contributed by atoms with van der Waals surface area (Å²) >= 11 is 7.65. The van der Waals surface area contributed by atoms with E-state index < -0.39 is 0 Å². The Morgan fingerprint density at radius 3 is 2.75 bits per heavy atom. The van der Waals surface area contributed by atoms with E-state index >= 15 is 0 Å². The van der Waals surface area contributed by atoms with Crippen molar-refractivity contribution >= 4 is 22.9 Å². The van der Waals surface area contributed by atoms with Gasteiger partial charge in [0.2, 0.25) is 0 Å². The lowest BCUT2D eigenvalue weighted by atomic mass is 10.0. The minimum atomic E-state index is 0.653. The molecule has 0 aliphatic rings. The summed E-state index contributed by atoms with van der Waals surface area (Å²) in [6.07, 6.45) is 2.32. The highest BCUT2D eigenvalue weighted by Crippen LogP contribution is 2.19. The van der Waals surface area contributed by atoms with Gasteiger partial charge in [-0.15, -0.1) is 22.9 Å². The SMILES string of the molecule is CCC(CCl)Cc1csc(C)c1. The molecule has 1 rings (SSSR count). The number of alkyl halides is 1. The van der Waals surface area contributed by atoms with Gasteiger partial charge in [-0.2, -0.15) is 0 Å². The molecule has 1 aromatic rings. The zero-order valence-electron chi connectivity index (χ0n) is 7.64. The minimum Gasteiger partial charge on any atom is -0.149 e. The fraction of sp³-hybridized carbons (Fsp3) is 0.600. The standard InChI is InChI=1S/C10H15ClS/c1-3-9(6-11)5-10-4-8(2)12-7-10/h4,7,9H,3,5-6H2,1-2H3. The first-order chi connectivity index (χ1) is 5.76. The lowest BCUT2D eigenvalue weighted by Gasteiger charge is -2.08. The molecule has 0 amide bonds. The molecular weight excluding hydrogens is 188 g/mol. The lowest BCUT2D eigenvalue weighted by Crippen LogP contribution is -2.03. The number of hydrogen-bond donors (Lipinski definition) is 0. The Balaban J connectivity index is 2.50. The molecular formula is C10H15ClS. The van der Waals surface area contributed by atoms with Gasteiger partial charge < -0.3 is 0 Å². The van der Waals surface area contributed by atoms with Crippen LogP contribution in [0, 0.1) is 12.8 Å². The van der Waals surface area contributed by atoms with Gasteiger partial charge in [0.25, 0.3) is 0 Å². The summed E-state index contributed by atoms with van der Waals surface area (Å²) in [5.41, 5.74) is 1.45. The van der Waals surface area contributed by atoms with Crippen LogP contribution in [0.2, 0.25) is 0 Å². The quantitative estimate of drug-likeness (QED) is 0.651. The predicted molar refractivity (Wildman–Crippen MR) is 57.3 cm³/mol. The van der Waals surface area contributed by atoms with Crippen molar-refractivity contribution in [2.75, 3.05) is 5.88 Å². The zero-order valence-corrected chi connectivity index (χ0v) is 9.21. The molecule has 12 heavy (non-hydrogen) atoms. The van der Waals surface area contributed by atoms with Crippen LogP contribution >= 0.6 is 22.9 Å². The van der Waals surface area contributed by atoms with Crippen molar-refractivity contribution in [1.82, 2.24) is 0 Å². The summed E-state index contributed by atoms with van der Waals surface area (Å²) in [4.78, 5) is 1.40. The van der Waals surface area contributed by atoms with E-state index in [1.54, 1.807) is 0 Å². The number of thiophene rings is 1. The van der Waals surface area contributed by atoms with Crippen molar-refractivity contribution < 1.29 is 0 Å². The topological polar surface area (TPSA) is 0 Å². The monoisotopic (exact) mass is 202 g/mol. The number of rotatable bonds is 4. The third-order valence-electron chi connectivity index (χ3n) is 2.10. The van der Waals surface area contributed by atoms with Crippen LogP contribution in [0.4, 0.5) is 0 Å². The van der Waals surface area contributed by atoms with Crippen molar-refractivity contribution in [1.29, 1.82) is 0 Å². The molecule has 2 heteroatoms. The van der Waals surface area contributed by atoms with Crippen LogP contribution in [-0.2, 0) is 6.42 Å². The van der Waals surface area contributed by atoms with Gasteiger partial charge in [0.1, 0.15) is 0 Å². The average molecular weight is 203 g/mol. The molecule has 0 aromatic carbocycles. The van der Waals surface area contributed by atoms with Crippen LogP contribution in [0.1, 0.15) is 23.8 Å². The van der Waals surface area contributed by atoms with E-state index in [-0.39, 0.29) is 0 Å². The summed E-state index contributed by atoms with van der Waals surface area (Å²) in [6.45, 7) is 4.35. The van der Waals surface area contributed by atoms with E-state index in [0.29, 0.717) is 5.92 Å². The number of hydrogen-bond acceptors (Lipinski definition) is 1. The molecule has 68 valence electrons. The van der Waals surface area contributed by atoms with E-state index in [9.17, 15) is 0 Å². The Bertz CT molecular complexity index is 225. The predicted octanol–water partition coefficient (Wildman–Crippen LogP) is 3.86. The summed E-state index contributed by atoms with van der Waals surface area (Å²) < 4.78 is 0. The van der Waals surface area contributed by atoms with E-state index in [1.165, 1.54) is 16.9 Å². The fourth-order valence-corrected chi connectivity index (χ4v) is 2.29. The zero-order chi connectivity index (χ0) is 8.97. The second-order valence-corrected chi connectivity index (χ2v) is 4.62. The van der Waals surface area contributed by atoms with Gasteiger partial charge in [-0.05, 0) is 36.3 Å². The highest BCUT2D eigenvalue weighted by molar-refractivity contribution is 7.10. The van der Waals surface area contributed by atoms with Crippen molar-refractivity contribution in [3.63, 3.8) is 0 Å². The molecule has 0 nitrogen and oxygen atoms in total. The van der Waals surface area contributed by atoms with Crippen LogP contribution in [0.25, 0.3) is 0 Å². The van der Waals surface area contributed by atoms with Gasteiger partial charge in [0, 0.05) is 10.8 Å². The second kappa shape index (κ2) is 4.88. The molecule has 0 fully saturated rings. The third-order valence-corrected chi connectivity index (χ3v) is 3.45. The third kappa shape index (κ3) is 2.80. The van der Waals surface area contributed by atoms with E-state index in [1.807, 2.05) is 11.3 Å². The Hall–Kier alpha value is -0.0100. The molecule has 0 aliphatic heterocycles. The second-order valence-electron chi connectivity index (χ2n) is 3.20. The smallest absolute Gasteiger partial charge is 0.0254 e. The highest BCUT2D eigenvalue weighted by atomic mass is 35.5. The Morgan fingerprint density at radius 2 is 2.33 bits per heavy atom. The molecule has 0 saturated carbocycles. The Morgan fingerprint density at radius 1 is 1.58 bits per heavy atom. The largest absolute Gasteiger partial charge is 0.149 e. The van der Waals surface area contributed by atoms with Gasteiger partial charge in [-0.3, -0.25) is 0 Å². The summed E-state index contributed by atoms with van der Waals surface area (Å²) in [5, 5.41) is 2.24. The summed E-state index contributed by atoms with van der Waals surface area (Å²) in [5.74, 6) is 1.44. The minimum absolute atomic E-state index is 0.653. The van der Waals surface area contributed by atoms with Crippen molar-refractivity contribution in [2.24, 2.45) is 5.92 Å². The van der Waals surface area contributed by atoms with Crippen molar-refractivity contribution in [3.05, 3.63) is 21.9 Å². The van der Waals surface area contributed by atoms with Crippen molar-refractivity contribution in [2.45, 2.75) is 26.7 Å². The lowest BCUT2D eigenvalue weighted by molar-refractivity contribution is 0.567. The molecule has 0 bridgehead atoms. The molecule has 0 saturated heterocycles. The van der Waals surface area contributed by atoms with Crippen LogP contribution < -0.4 is 0 Å². The maximum Gasteiger partial charge on any atom is 0.0254 e. The van der Waals surface area contributed by atoms with Gasteiger partial charge >= 0.3 is 0 Å². The molecule has 1 aromatic heterocycles. The number of aryl methyl sites for hydroxylation is 1. The highest BCUT2D eigenvalue weighted by Gasteiger charge is 2.06. The molecule has 0 aliphatic carbocycles. The van der Waals surface area contributed by atoms with E-state index in [0.717, 1.165) is 12.3 Å². The van der Waals surface area contributed by atoms with E-state index in [4.69, 9.17) is 11.6 Å².